The van der Waals surface area contributed by atoms with Crippen molar-refractivity contribution in [1.82, 2.24) is 0 Å². The standard InChI is InChI=1S/C11H14ClN/c1-8-4-5-13-11-7-10(12)3-2-9(11)6-8/h2-3,7-8,13H,4-6H2,1H3. The molecule has 1 aromatic carbocycles. The van der Waals surface area contributed by atoms with Crippen LogP contribution in [0.4, 0.5) is 5.69 Å². The van der Waals surface area contributed by atoms with Crippen LogP contribution in [0.3, 0.4) is 0 Å². The molecule has 0 saturated heterocycles. The van der Waals surface area contributed by atoms with Crippen molar-refractivity contribution in [1.29, 1.82) is 0 Å². The third kappa shape index (κ3) is 1.97. The highest BCUT2D eigenvalue weighted by Crippen LogP contribution is 2.26. The van der Waals surface area contributed by atoms with E-state index in [2.05, 4.69) is 18.3 Å². The summed E-state index contributed by atoms with van der Waals surface area (Å²) >= 11 is 5.93. The molecule has 70 valence electrons. The number of benzene rings is 1. The van der Waals surface area contributed by atoms with Crippen molar-refractivity contribution in [2.24, 2.45) is 5.92 Å². The molecule has 0 spiro atoms. The first-order chi connectivity index (χ1) is 6.25. The first-order valence-electron chi connectivity index (χ1n) is 4.78. The molecule has 0 amide bonds. The first kappa shape index (κ1) is 8.89. The molecule has 2 heteroatoms. The zero-order valence-corrected chi connectivity index (χ0v) is 8.56. The van der Waals surface area contributed by atoms with E-state index in [1.54, 1.807) is 0 Å². The lowest BCUT2D eigenvalue weighted by atomic mass is 9.99. The lowest BCUT2D eigenvalue weighted by molar-refractivity contribution is 0.558. The lowest BCUT2D eigenvalue weighted by Crippen LogP contribution is -2.02. The molecule has 0 aliphatic carbocycles. The summed E-state index contributed by atoms with van der Waals surface area (Å²) in [5.41, 5.74) is 2.62. The van der Waals surface area contributed by atoms with Crippen LogP contribution in [0.1, 0.15) is 18.9 Å². The minimum Gasteiger partial charge on any atom is -0.385 e. The largest absolute Gasteiger partial charge is 0.385 e. The number of hydrogen-bond donors (Lipinski definition) is 1. The van der Waals surface area contributed by atoms with E-state index < -0.39 is 0 Å². The number of halogens is 1. The van der Waals surface area contributed by atoms with Gasteiger partial charge >= 0.3 is 0 Å². The molecule has 1 aliphatic heterocycles. The van der Waals surface area contributed by atoms with Gasteiger partial charge in [-0.1, -0.05) is 24.6 Å². The van der Waals surface area contributed by atoms with E-state index >= 15 is 0 Å². The predicted molar refractivity (Wildman–Crippen MR) is 57.4 cm³/mol. The molecule has 1 aromatic rings. The van der Waals surface area contributed by atoms with E-state index in [9.17, 15) is 0 Å². The van der Waals surface area contributed by atoms with Crippen molar-refractivity contribution in [3.63, 3.8) is 0 Å². The van der Waals surface area contributed by atoms with Crippen molar-refractivity contribution in [3.05, 3.63) is 28.8 Å². The molecule has 1 heterocycles. The minimum absolute atomic E-state index is 0.773. The Morgan fingerprint density at radius 1 is 1.46 bits per heavy atom. The lowest BCUT2D eigenvalue weighted by Gasteiger charge is -2.07. The van der Waals surface area contributed by atoms with Gasteiger partial charge in [0.05, 0.1) is 0 Å². The van der Waals surface area contributed by atoms with Crippen LogP contribution in [0.2, 0.25) is 5.02 Å². The number of fused-ring (bicyclic) bond motifs is 1. The maximum absolute atomic E-state index is 5.93. The number of hydrogen-bond acceptors (Lipinski definition) is 1. The second-order valence-electron chi connectivity index (χ2n) is 3.83. The summed E-state index contributed by atoms with van der Waals surface area (Å²) in [6.07, 6.45) is 2.41. The van der Waals surface area contributed by atoms with Crippen LogP contribution in [0.5, 0.6) is 0 Å². The average Bonchev–Trinajstić information content (AvgIpc) is 2.25. The van der Waals surface area contributed by atoms with E-state index in [0.717, 1.165) is 17.5 Å². The fourth-order valence-electron chi connectivity index (χ4n) is 1.82. The molecule has 0 bridgehead atoms. The Labute approximate surface area is 84.1 Å². The van der Waals surface area contributed by atoms with Gasteiger partial charge in [0.1, 0.15) is 0 Å². The number of nitrogens with one attached hydrogen (secondary N) is 1. The van der Waals surface area contributed by atoms with E-state index in [-0.39, 0.29) is 0 Å². The van der Waals surface area contributed by atoms with Crippen molar-refractivity contribution < 1.29 is 0 Å². The Bertz CT molecular complexity index is 309. The zero-order valence-electron chi connectivity index (χ0n) is 7.81. The van der Waals surface area contributed by atoms with Crippen LogP contribution in [0, 0.1) is 5.92 Å². The van der Waals surface area contributed by atoms with Crippen LogP contribution < -0.4 is 5.32 Å². The molecule has 0 radical (unpaired) electrons. The Morgan fingerprint density at radius 3 is 3.15 bits per heavy atom. The highest BCUT2D eigenvalue weighted by molar-refractivity contribution is 6.30. The third-order valence-corrected chi connectivity index (χ3v) is 2.83. The monoisotopic (exact) mass is 195 g/mol. The maximum atomic E-state index is 5.93. The highest BCUT2D eigenvalue weighted by Gasteiger charge is 2.12. The Balaban J connectivity index is 2.34. The van der Waals surface area contributed by atoms with Gasteiger partial charge < -0.3 is 5.32 Å². The van der Waals surface area contributed by atoms with E-state index in [0.29, 0.717) is 0 Å². The summed E-state index contributed by atoms with van der Waals surface area (Å²) in [5.74, 6) is 0.773. The fourth-order valence-corrected chi connectivity index (χ4v) is 1.99. The maximum Gasteiger partial charge on any atom is 0.0426 e. The molecule has 0 saturated carbocycles. The summed E-state index contributed by atoms with van der Waals surface area (Å²) in [6, 6.07) is 6.13. The summed E-state index contributed by atoms with van der Waals surface area (Å²) in [5, 5.41) is 4.23. The summed E-state index contributed by atoms with van der Waals surface area (Å²) < 4.78 is 0. The molecule has 0 aromatic heterocycles. The smallest absolute Gasteiger partial charge is 0.0426 e. The van der Waals surface area contributed by atoms with Gasteiger partial charge in [-0.25, -0.2) is 0 Å². The molecule has 1 nitrogen and oxygen atoms in total. The van der Waals surface area contributed by atoms with Gasteiger partial charge in [-0.2, -0.15) is 0 Å². The van der Waals surface area contributed by atoms with Gasteiger partial charge in [-0.15, -0.1) is 0 Å². The zero-order chi connectivity index (χ0) is 9.26. The molecular weight excluding hydrogens is 182 g/mol. The van der Waals surface area contributed by atoms with E-state index in [1.165, 1.54) is 24.1 Å². The van der Waals surface area contributed by atoms with Crippen LogP contribution in [-0.2, 0) is 6.42 Å². The summed E-state index contributed by atoms with van der Waals surface area (Å²) in [4.78, 5) is 0. The molecule has 0 fully saturated rings. The van der Waals surface area contributed by atoms with Crippen LogP contribution in [0.25, 0.3) is 0 Å². The fraction of sp³-hybridized carbons (Fsp3) is 0.455. The summed E-state index contributed by atoms with van der Waals surface area (Å²) in [7, 11) is 0. The van der Waals surface area contributed by atoms with E-state index in [4.69, 9.17) is 11.6 Å². The van der Waals surface area contributed by atoms with Crippen LogP contribution in [0.15, 0.2) is 18.2 Å². The first-order valence-corrected chi connectivity index (χ1v) is 5.16. The molecule has 1 unspecified atom stereocenters. The molecule has 13 heavy (non-hydrogen) atoms. The molecule has 1 atom stereocenters. The Kier molecular flexibility index (Phi) is 2.45. The number of anilines is 1. The second kappa shape index (κ2) is 3.59. The molecule has 1 N–H and O–H groups in total. The van der Waals surface area contributed by atoms with Gasteiger partial charge in [-0.3, -0.25) is 0 Å². The number of rotatable bonds is 0. The van der Waals surface area contributed by atoms with Crippen LogP contribution in [-0.4, -0.2) is 6.54 Å². The van der Waals surface area contributed by atoms with Crippen molar-refractivity contribution in [2.75, 3.05) is 11.9 Å². The minimum atomic E-state index is 0.773. The van der Waals surface area contributed by atoms with Gasteiger partial charge in [0.15, 0.2) is 0 Å². The second-order valence-corrected chi connectivity index (χ2v) is 4.26. The Hall–Kier alpha value is -0.690. The van der Waals surface area contributed by atoms with Gasteiger partial charge in [0.25, 0.3) is 0 Å². The summed E-state index contributed by atoms with van der Waals surface area (Å²) in [6.45, 7) is 3.36. The van der Waals surface area contributed by atoms with Crippen LogP contribution >= 0.6 is 11.6 Å². The van der Waals surface area contributed by atoms with Gasteiger partial charge in [-0.05, 0) is 36.5 Å². The third-order valence-electron chi connectivity index (χ3n) is 2.59. The highest BCUT2D eigenvalue weighted by atomic mass is 35.5. The van der Waals surface area contributed by atoms with E-state index in [1.807, 2.05) is 12.1 Å². The van der Waals surface area contributed by atoms with Crippen molar-refractivity contribution in [2.45, 2.75) is 19.8 Å². The predicted octanol–water partition coefficient (Wildman–Crippen LogP) is 3.33. The Morgan fingerprint density at radius 2 is 2.31 bits per heavy atom. The topological polar surface area (TPSA) is 12.0 Å². The normalized spacial score (nSPS) is 21.5. The SMILES string of the molecule is CC1CCNc2cc(Cl)ccc2C1. The molecular formula is C11H14ClN. The molecule has 2 rings (SSSR count). The average molecular weight is 196 g/mol. The van der Waals surface area contributed by atoms with Gasteiger partial charge in [0, 0.05) is 17.3 Å². The van der Waals surface area contributed by atoms with Crippen molar-refractivity contribution >= 4 is 17.3 Å². The van der Waals surface area contributed by atoms with Gasteiger partial charge in [0.2, 0.25) is 0 Å². The van der Waals surface area contributed by atoms with Crippen molar-refractivity contribution in [3.8, 4) is 0 Å². The quantitative estimate of drug-likeness (QED) is 0.670. The molecule has 1 aliphatic rings.